The van der Waals surface area contributed by atoms with Crippen LogP contribution in [0.1, 0.15) is 17.7 Å². The van der Waals surface area contributed by atoms with Crippen LogP contribution in [0.2, 0.25) is 5.02 Å². The van der Waals surface area contributed by atoms with E-state index in [9.17, 15) is 8.42 Å². The molecule has 0 amide bonds. The van der Waals surface area contributed by atoms with Crippen LogP contribution in [-0.4, -0.2) is 24.7 Å². The first-order valence-electron chi connectivity index (χ1n) is 6.67. The molecule has 0 radical (unpaired) electrons. The van der Waals surface area contributed by atoms with Crippen molar-refractivity contribution < 1.29 is 8.42 Å². The number of aryl methyl sites for hydroxylation is 2. The molecule has 0 fully saturated rings. The van der Waals surface area contributed by atoms with Crippen LogP contribution in [0.25, 0.3) is 0 Å². The van der Waals surface area contributed by atoms with Gasteiger partial charge in [-0.15, -0.1) is 0 Å². The van der Waals surface area contributed by atoms with E-state index in [-0.39, 0.29) is 5.75 Å². The second-order valence-corrected chi connectivity index (χ2v) is 7.03. The highest BCUT2D eigenvalue weighted by atomic mass is 35.5. The van der Waals surface area contributed by atoms with Gasteiger partial charge in [-0.25, -0.2) is 13.1 Å². The first-order chi connectivity index (χ1) is 9.96. The van der Waals surface area contributed by atoms with Crippen molar-refractivity contribution >= 4 is 21.6 Å². The van der Waals surface area contributed by atoms with Crippen LogP contribution in [0.15, 0.2) is 36.5 Å². The number of halogens is 1. The van der Waals surface area contributed by atoms with Crippen molar-refractivity contribution in [3.63, 3.8) is 0 Å². The number of nitrogens with one attached hydrogen (secondary N) is 1. The van der Waals surface area contributed by atoms with Crippen LogP contribution in [0, 0.1) is 6.92 Å². The van der Waals surface area contributed by atoms with Crippen LogP contribution >= 0.6 is 11.6 Å². The van der Waals surface area contributed by atoms with Gasteiger partial charge < -0.3 is 0 Å². The standard InChI is InChI=1S/C14H18ClN3O2S/c1-12-14(15)10-18(17-12)9-5-8-16-21(19,20)11-13-6-3-2-4-7-13/h2-4,6-7,10,16H,5,8-9,11H2,1H3. The fourth-order valence-electron chi connectivity index (χ4n) is 1.92. The highest BCUT2D eigenvalue weighted by molar-refractivity contribution is 7.88. The predicted molar refractivity (Wildman–Crippen MR) is 83.7 cm³/mol. The predicted octanol–water partition coefficient (Wildman–Crippen LogP) is 2.35. The van der Waals surface area contributed by atoms with Gasteiger partial charge in [0.25, 0.3) is 0 Å². The van der Waals surface area contributed by atoms with Gasteiger partial charge in [0.05, 0.1) is 16.5 Å². The van der Waals surface area contributed by atoms with Crippen LogP contribution in [-0.2, 0) is 22.3 Å². The monoisotopic (exact) mass is 327 g/mol. The molecular weight excluding hydrogens is 310 g/mol. The molecule has 7 heteroatoms. The molecular formula is C14H18ClN3O2S. The minimum atomic E-state index is -3.30. The molecule has 2 aromatic rings. The molecule has 1 aromatic carbocycles. The van der Waals surface area contributed by atoms with Crippen molar-refractivity contribution in [2.24, 2.45) is 0 Å². The average molecular weight is 328 g/mol. The lowest BCUT2D eigenvalue weighted by molar-refractivity contribution is 0.551. The zero-order chi connectivity index (χ0) is 15.3. The van der Waals surface area contributed by atoms with E-state index in [0.717, 1.165) is 11.3 Å². The van der Waals surface area contributed by atoms with Crippen molar-refractivity contribution in [3.8, 4) is 0 Å². The largest absolute Gasteiger partial charge is 0.271 e. The number of nitrogens with zero attached hydrogens (tertiary/aromatic N) is 2. The quantitative estimate of drug-likeness (QED) is 0.794. The number of rotatable bonds is 7. The zero-order valence-corrected chi connectivity index (χ0v) is 13.4. The van der Waals surface area contributed by atoms with E-state index in [1.165, 1.54) is 0 Å². The van der Waals surface area contributed by atoms with Crippen molar-refractivity contribution in [2.75, 3.05) is 6.54 Å². The van der Waals surface area contributed by atoms with E-state index >= 15 is 0 Å². The van der Waals surface area contributed by atoms with E-state index < -0.39 is 10.0 Å². The highest BCUT2D eigenvalue weighted by Gasteiger charge is 2.10. The minimum absolute atomic E-state index is 0.000542. The second-order valence-electron chi connectivity index (χ2n) is 4.82. The molecule has 0 saturated heterocycles. The summed E-state index contributed by atoms with van der Waals surface area (Å²) in [6.07, 6.45) is 2.40. The van der Waals surface area contributed by atoms with Gasteiger partial charge in [-0.3, -0.25) is 4.68 Å². The number of hydrogen-bond acceptors (Lipinski definition) is 3. The summed E-state index contributed by atoms with van der Waals surface area (Å²) in [4.78, 5) is 0. The van der Waals surface area contributed by atoms with Crippen molar-refractivity contribution in [3.05, 3.63) is 52.8 Å². The molecule has 1 N–H and O–H groups in total. The molecule has 0 saturated carbocycles. The SMILES string of the molecule is Cc1nn(CCCNS(=O)(=O)Cc2ccccc2)cc1Cl. The smallest absolute Gasteiger partial charge is 0.215 e. The van der Waals surface area contributed by atoms with Gasteiger partial charge in [0, 0.05) is 19.3 Å². The Morgan fingerprint density at radius 3 is 2.62 bits per heavy atom. The van der Waals surface area contributed by atoms with Crippen LogP contribution in [0.4, 0.5) is 0 Å². The topological polar surface area (TPSA) is 64.0 Å². The van der Waals surface area contributed by atoms with Crippen LogP contribution in [0.3, 0.4) is 0 Å². The van der Waals surface area contributed by atoms with Gasteiger partial charge in [-0.05, 0) is 18.9 Å². The summed E-state index contributed by atoms with van der Waals surface area (Å²) in [5.74, 6) is 0.000542. The molecule has 0 aliphatic carbocycles. The van der Waals surface area contributed by atoms with Gasteiger partial charge in [0.1, 0.15) is 0 Å². The summed E-state index contributed by atoms with van der Waals surface area (Å²) in [6.45, 7) is 2.84. The summed E-state index contributed by atoms with van der Waals surface area (Å²) in [6, 6.07) is 9.12. The minimum Gasteiger partial charge on any atom is -0.271 e. The molecule has 2 rings (SSSR count). The van der Waals surface area contributed by atoms with Crippen LogP contribution in [0.5, 0.6) is 0 Å². The number of hydrogen-bond donors (Lipinski definition) is 1. The maximum Gasteiger partial charge on any atom is 0.215 e. The number of benzene rings is 1. The Bertz CT molecular complexity index is 664. The Morgan fingerprint density at radius 1 is 1.29 bits per heavy atom. The fourth-order valence-corrected chi connectivity index (χ4v) is 3.26. The average Bonchev–Trinajstić information content (AvgIpc) is 2.75. The molecule has 0 spiro atoms. The molecule has 21 heavy (non-hydrogen) atoms. The summed E-state index contributed by atoms with van der Waals surface area (Å²) in [5, 5.41) is 4.84. The van der Waals surface area contributed by atoms with Gasteiger partial charge in [0.2, 0.25) is 10.0 Å². The van der Waals surface area contributed by atoms with E-state index in [1.807, 2.05) is 25.1 Å². The Balaban J connectivity index is 1.77. The summed E-state index contributed by atoms with van der Waals surface area (Å²) in [5.41, 5.74) is 1.56. The van der Waals surface area contributed by atoms with Gasteiger partial charge in [-0.1, -0.05) is 41.9 Å². The fraction of sp³-hybridized carbons (Fsp3) is 0.357. The third-order valence-corrected chi connectivity index (χ3v) is 4.70. The van der Waals surface area contributed by atoms with Crippen molar-refractivity contribution in [1.29, 1.82) is 0 Å². The van der Waals surface area contributed by atoms with E-state index in [4.69, 9.17) is 11.6 Å². The molecule has 114 valence electrons. The molecule has 0 unspecified atom stereocenters. The Kier molecular flexibility index (Phi) is 5.39. The molecule has 0 atom stereocenters. The number of aromatic nitrogens is 2. The van der Waals surface area contributed by atoms with Gasteiger partial charge >= 0.3 is 0 Å². The maximum absolute atomic E-state index is 11.9. The highest BCUT2D eigenvalue weighted by Crippen LogP contribution is 2.12. The Morgan fingerprint density at radius 2 is 2.00 bits per heavy atom. The third-order valence-electron chi connectivity index (χ3n) is 2.97. The van der Waals surface area contributed by atoms with E-state index in [1.54, 1.807) is 23.0 Å². The third kappa shape index (κ3) is 5.15. The summed E-state index contributed by atoms with van der Waals surface area (Å²) in [7, 11) is -3.30. The number of sulfonamides is 1. The molecule has 0 aliphatic rings. The first-order valence-corrected chi connectivity index (χ1v) is 8.70. The van der Waals surface area contributed by atoms with Crippen LogP contribution < -0.4 is 4.72 Å². The Hall–Kier alpha value is -1.37. The second kappa shape index (κ2) is 7.06. The summed E-state index contributed by atoms with van der Waals surface area (Å²) < 4.78 is 28.2. The molecule has 0 aliphatic heterocycles. The van der Waals surface area contributed by atoms with Gasteiger partial charge in [0.15, 0.2) is 0 Å². The van der Waals surface area contributed by atoms with Crippen molar-refractivity contribution in [2.45, 2.75) is 25.6 Å². The van der Waals surface area contributed by atoms with Crippen molar-refractivity contribution in [1.82, 2.24) is 14.5 Å². The van der Waals surface area contributed by atoms with E-state index in [2.05, 4.69) is 9.82 Å². The summed E-state index contributed by atoms with van der Waals surface area (Å²) >= 11 is 5.91. The maximum atomic E-state index is 11.9. The molecule has 1 heterocycles. The molecule has 1 aromatic heterocycles. The lowest BCUT2D eigenvalue weighted by Crippen LogP contribution is -2.26. The molecule has 0 bridgehead atoms. The zero-order valence-electron chi connectivity index (χ0n) is 11.8. The molecule has 5 nitrogen and oxygen atoms in total. The normalized spacial score (nSPS) is 11.7. The van der Waals surface area contributed by atoms with Gasteiger partial charge in [-0.2, -0.15) is 5.10 Å². The Labute approximate surface area is 130 Å². The lowest BCUT2D eigenvalue weighted by Gasteiger charge is -2.07. The lowest BCUT2D eigenvalue weighted by atomic mass is 10.2. The van der Waals surface area contributed by atoms with E-state index in [0.29, 0.717) is 24.5 Å². The first kappa shape index (κ1) is 16.0.